The van der Waals surface area contributed by atoms with Crippen molar-refractivity contribution in [3.05, 3.63) is 53.9 Å². The van der Waals surface area contributed by atoms with E-state index in [9.17, 15) is 0 Å². The van der Waals surface area contributed by atoms with Crippen LogP contribution in [0.5, 0.6) is 0 Å². The Morgan fingerprint density at radius 3 is 2.20 bits per heavy atom. The van der Waals surface area contributed by atoms with E-state index in [0.717, 1.165) is 19.0 Å². The highest BCUT2D eigenvalue weighted by Crippen LogP contribution is 2.23. The highest BCUT2D eigenvalue weighted by Gasteiger charge is 2.14. The van der Waals surface area contributed by atoms with E-state index in [1.54, 1.807) is 0 Å². The van der Waals surface area contributed by atoms with Crippen molar-refractivity contribution in [2.75, 3.05) is 18.0 Å². The first-order valence-electron chi connectivity index (χ1n) is 7.46. The molecule has 0 N–H and O–H groups in total. The maximum absolute atomic E-state index is 4.56. The van der Waals surface area contributed by atoms with Crippen molar-refractivity contribution in [3.8, 4) is 0 Å². The van der Waals surface area contributed by atoms with Crippen LogP contribution in [0, 0.1) is 0 Å². The summed E-state index contributed by atoms with van der Waals surface area (Å²) < 4.78 is 0. The first-order chi connectivity index (χ1) is 9.84. The Hall–Kier alpha value is -1.90. The number of piperidine rings is 1. The molecule has 1 aromatic carbocycles. The van der Waals surface area contributed by atoms with Crippen molar-refractivity contribution < 1.29 is 0 Å². The quantitative estimate of drug-likeness (QED) is 0.850. The summed E-state index contributed by atoms with van der Waals surface area (Å²) in [5.74, 6) is 1.22. The van der Waals surface area contributed by atoms with Crippen molar-refractivity contribution in [1.82, 2.24) is 9.97 Å². The highest BCUT2D eigenvalue weighted by molar-refractivity contribution is 5.34. The smallest absolute Gasteiger partial charge is 0.225 e. The predicted molar refractivity (Wildman–Crippen MR) is 82.1 cm³/mol. The largest absolute Gasteiger partial charge is 0.341 e. The molecule has 3 heteroatoms. The molecule has 0 radical (unpaired) electrons. The Morgan fingerprint density at radius 2 is 1.55 bits per heavy atom. The van der Waals surface area contributed by atoms with Crippen molar-refractivity contribution in [1.29, 1.82) is 0 Å². The van der Waals surface area contributed by atoms with Gasteiger partial charge in [0.2, 0.25) is 5.95 Å². The van der Waals surface area contributed by atoms with Gasteiger partial charge in [0.1, 0.15) is 0 Å². The predicted octanol–water partition coefficient (Wildman–Crippen LogP) is 3.62. The normalized spacial score (nSPS) is 16.9. The van der Waals surface area contributed by atoms with Crippen LogP contribution in [0.25, 0.3) is 0 Å². The molecule has 3 nitrogen and oxygen atoms in total. The molecule has 1 atom stereocenters. The van der Waals surface area contributed by atoms with Crippen LogP contribution in [0.2, 0.25) is 0 Å². The van der Waals surface area contributed by atoms with E-state index in [2.05, 4.69) is 46.1 Å². The van der Waals surface area contributed by atoms with Gasteiger partial charge in [-0.25, -0.2) is 9.97 Å². The summed E-state index contributed by atoms with van der Waals surface area (Å²) in [5.41, 5.74) is 2.48. The second kappa shape index (κ2) is 6.04. The number of benzene rings is 1. The van der Waals surface area contributed by atoms with Gasteiger partial charge < -0.3 is 4.90 Å². The molecule has 3 rings (SSSR count). The van der Waals surface area contributed by atoms with Crippen molar-refractivity contribution in [2.24, 2.45) is 0 Å². The van der Waals surface area contributed by atoms with Gasteiger partial charge in [-0.15, -0.1) is 0 Å². The number of aromatic nitrogens is 2. The van der Waals surface area contributed by atoms with Gasteiger partial charge in [0.25, 0.3) is 0 Å². The summed E-state index contributed by atoms with van der Waals surface area (Å²) in [7, 11) is 0. The van der Waals surface area contributed by atoms with Crippen LogP contribution in [0.1, 0.15) is 43.2 Å². The van der Waals surface area contributed by atoms with Crippen molar-refractivity contribution >= 4 is 5.95 Å². The molecule has 0 aliphatic carbocycles. The minimum atomic E-state index is 0.339. The number of hydrogen-bond donors (Lipinski definition) is 0. The van der Waals surface area contributed by atoms with Gasteiger partial charge in [-0.2, -0.15) is 0 Å². The molecule has 2 aromatic rings. The Balaban J connectivity index is 1.75. The fraction of sp³-hybridized carbons (Fsp3) is 0.412. The lowest BCUT2D eigenvalue weighted by atomic mass is 9.96. The monoisotopic (exact) mass is 267 g/mol. The lowest BCUT2D eigenvalue weighted by Crippen LogP contribution is -2.30. The van der Waals surface area contributed by atoms with E-state index in [-0.39, 0.29) is 0 Å². The minimum Gasteiger partial charge on any atom is -0.341 e. The van der Waals surface area contributed by atoms with Crippen LogP contribution in [0.3, 0.4) is 0 Å². The topological polar surface area (TPSA) is 29.0 Å². The first kappa shape index (κ1) is 13.1. The number of nitrogens with zero attached hydrogens (tertiary/aromatic N) is 3. The zero-order chi connectivity index (χ0) is 13.8. The van der Waals surface area contributed by atoms with E-state index < -0.39 is 0 Å². The fourth-order valence-corrected chi connectivity index (χ4v) is 2.75. The summed E-state index contributed by atoms with van der Waals surface area (Å²) in [4.78, 5) is 11.4. The van der Waals surface area contributed by atoms with Crippen LogP contribution in [0.15, 0.2) is 42.7 Å². The van der Waals surface area contributed by atoms with Crippen molar-refractivity contribution in [2.45, 2.75) is 32.1 Å². The van der Waals surface area contributed by atoms with E-state index in [4.69, 9.17) is 0 Å². The Kier molecular flexibility index (Phi) is 3.95. The molecule has 1 aliphatic heterocycles. The number of anilines is 1. The van der Waals surface area contributed by atoms with E-state index >= 15 is 0 Å². The third kappa shape index (κ3) is 2.82. The molecule has 1 aliphatic rings. The molecular formula is C17H21N3. The second-order valence-electron chi connectivity index (χ2n) is 5.50. The second-order valence-corrected chi connectivity index (χ2v) is 5.50. The van der Waals surface area contributed by atoms with E-state index in [0.29, 0.717) is 5.92 Å². The molecule has 0 unspecified atom stereocenters. The third-order valence-electron chi connectivity index (χ3n) is 4.10. The summed E-state index contributed by atoms with van der Waals surface area (Å²) in [6.07, 6.45) is 7.81. The molecule has 1 aromatic heterocycles. The van der Waals surface area contributed by atoms with Gasteiger partial charge in [0.15, 0.2) is 0 Å². The average molecular weight is 267 g/mol. The van der Waals surface area contributed by atoms with Gasteiger partial charge in [-0.05, 0) is 30.4 Å². The maximum atomic E-state index is 4.56. The molecular weight excluding hydrogens is 246 g/mol. The van der Waals surface area contributed by atoms with Gasteiger partial charge in [-0.3, -0.25) is 0 Å². The average Bonchev–Trinajstić information content (AvgIpc) is 2.56. The number of rotatable bonds is 3. The maximum Gasteiger partial charge on any atom is 0.225 e. The third-order valence-corrected chi connectivity index (χ3v) is 4.10. The molecule has 104 valence electrons. The fourth-order valence-electron chi connectivity index (χ4n) is 2.75. The Morgan fingerprint density at radius 1 is 0.900 bits per heavy atom. The molecule has 2 heterocycles. The summed E-state index contributed by atoms with van der Waals surface area (Å²) in [6.45, 7) is 4.38. The lowest BCUT2D eigenvalue weighted by molar-refractivity contribution is 0.567. The van der Waals surface area contributed by atoms with Gasteiger partial charge >= 0.3 is 0 Å². The zero-order valence-electron chi connectivity index (χ0n) is 12.0. The molecule has 0 saturated carbocycles. The van der Waals surface area contributed by atoms with Gasteiger partial charge in [0.05, 0.1) is 0 Å². The molecule has 0 amide bonds. The minimum absolute atomic E-state index is 0.339. The van der Waals surface area contributed by atoms with Gasteiger partial charge in [-0.1, -0.05) is 37.3 Å². The van der Waals surface area contributed by atoms with Crippen LogP contribution in [-0.4, -0.2) is 23.1 Å². The van der Waals surface area contributed by atoms with Crippen LogP contribution >= 0.6 is 0 Å². The standard InChI is InChI=1S/C17H21N3/c1-14(15-8-4-2-5-9-15)16-12-18-17(19-13-16)20-10-6-3-7-11-20/h2,4-5,8-9,12-14H,3,6-7,10-11H2,1H3/t14-/m1/s1. The zero-order valence-corrected chi connectivity index (χ0v) is 12.0. The molecule has 1 saturated heterocycles. The Bertz CT molecular complexity index is 530. The van der Waals surface area contributed by atoms with Crippen LogP contribution in [0.4, 0.5) is 5.95 Å². The van der Waals surface area contributed by atoms with Crippen molar-refractivity contribution in [3.63, 3.8) is 0 Å². The van der Waals surface area contributed by atoms with E-state index in [1.165, 1.54) is 30.4 Å². The van der Waals surface area contributed by atoms with Gasteiger partial charge in [0, 0.05) is 31.4 Å². The molecule has 1 fully saturated rings. The van der Waals surface area contributed by atoms with Crippen LogP contribution in [-0.2, 0) is 0 Å². The SMILES string of the molecule is C[C@H](c1ccccc1)c1cnc(N2CCCCC2)nc1. The number of hydrogen-bond acceptors (Lipinski definition) is 3. The molecule has 0 bridgehead atoms. The Labute approximate surface area is 120 Å². The van der Waals surface area contributed by atoms with Crippen LogP contribution < -0.4 is 4.90 Å². The summed E-state index contributed by atoms with van der Waals surface area (Å²) >= 11 is 0. The summed E-state index contributed by atoms with van der Waals surface area (Å²) in [5, 5.41) is 0. The lowest BCUT2D eigenvalue weighted by Gasteiger charge is -2.26. The van der Waals surface area contributed by atoms with E-state index in [1.807, 2.05) is 18.5 Å². The summed E-state index contributed by atoms with van der Waals surface area (Å²) in [6, 6.07) is 10.5. The first-order valence-corrected chi connectivity index (χ1v) is 7.46. The molecule has 20 heavy (non-hydrogen) atoms. The molecule has 0 spiro atoms. The highest BCUT2D eigenvalue weighted by atomic mass is 15.2.